The van der Waals surface area contributed by atoms with Crippen LogP contribution in [0.3, 0.4) is 0 Å². The summed E-state index contributed by atoms with van der Waals surface area (Å²) in [5.41, 5.74) is 3.20. The highest BCUT2D eigenvalue weighted by atomic mass is 35.5. The van der Waals surface area contributed by atoms with Crippen molar-refractivity contribution in [2.45, 2.75) is 62.9 Å². The topological polar surface area (TPSA) is 58.9 Å². The molecular formula is C25H29ClO4. The van der Waals surface area contributed by atoms with Gasteiger partial charge in [-0.3, -0.25) is 0 Å². The van der Waals surface area contributed by atoms with Crippen molar-refractivity contribution >= 4 is 11.6 Å². The first-order chi connectivity index (χ1) is 14.6. The van der Waals surface area contributed by atoms with E-state index < -0.39 is 6.10 Å². The molecule has 1 aliphatic heterocycles. The fraction of sp³-hybridized carbons (Fsp3) is 0.520. The molecule has 5 heteroatoms. The number of hydrogen-bond donors (Lipinski definition) is 2. The quantitative estimate of drug-likeness (QED) is 0.701. The zero-order valence-electron chi connectivity index (χ0n) is 17.0. The lowest BCUT2D eigenvalue weighted by Gasteiger charge is -2.32. The SMILES string of the molecule is OCC1CC(O)CC(c2ccc(Cl)c(Cc3ccc(OC4CC5CC5C4)cc3)c2)O1. The Kier molecular flexibility index (Phi) is 5.76. The smallest absolute Gasteiger partial charge is 0.119 e. The van der Waals surface area contributed by atoms with Crippen LogP contribution in [0.4, 0.5) is 0 Å². The van der Waals surface area contributed by atoms with Crippen LogP contribution in [-0.4, -0.2) is 35.1 Å². The first kappa shape index (κ1) is 20.3. The summed E-state index contributed by atoms with van der Waals surface area (Å²) in [6, 6.07) is 14.2. The Morgan fingerprint density at radius 2 is 1.73 bits per heavy atom. The monoisotopic (exact) mass is 428 g/mol. The average molecular weight is 429 g/mol. The van der Waals surface area contributed by atoms with Crippen molar-refractivity contribution in [1.82, 2.24) is 0 Å². The number of hydrogen-bond acceptors (Lipinski definition) is 4. The van der Waals surface area contributed by atoms with Gasteiger partial charge in [-0.25, -0.2) is 0 Å². The third kappa shape index (κ3) is 4.52. The molecule has 1 heterocycles. The van der Waals surface area contributed by atoms with Crippen molar-refractivity contribution < 1.29 is 19.7 Å². The standard InChI is InChI=1S/C25H29ClO4/c26-24-6-3-16(25-13-20(28)12-23(14-27)30-25)8-19(24)7-15-1-4-21(5-2-15)29-22-10-17-9-18(17)11-22/h1-6,8,17-18,20,22-23,25,27-28H,7,9-14H2. The Bertz CT molecular complexity index is 873. The fourth-order valence-corrected chi connectivity index (χ4v) is 5.29. The second kappa shape index (κ2) is 8.51. The summed E-state index contributed by atoms with van der Waals surface area (Å²) in [5, 5.41) is 20.3. The summed E-state index contributed by atoms with van der Waals surface area (Å²) in [6.07, 6.45) is 4.94. The van der Waals surface area contributed by atoms with Gasteiger partial charge in [-0.1, -0.05) is 35.9 Å². The first-order valence-corrected chi connectivity index (χ1v) is 11.4. The van der Waals surface area contributed by atoms with Gasteiger partial charge in [0.1, 0.15) is 5.75 Å². The van der Waals surface area contributed by atoms with E-state index in [9.17, 15) is 10.2 Å². The van der Waals surface area contributed by atoms with Crippen LogP contribution in [0.5, 0.6) is 5.75 Å². The molecule has 5 unspecified atom stereocenters. The summed E-state index contributed by atoms with van der Waals surface area (Å²) in [5.74, 6) is 2.79. The van der Waals surface area contributed by atoms with Crippen LogP contribution in [-0.2, 0) is 11.2 Å². The highest BCUT2D eigenvalue weighted by molar-refractivity contribution is 6.31. The molecular weight excluding hydrogens is 400 g/mol. The van der Waals surface area contributed by atoms with E-state index >= 15 is 0 Å². The number of rotatable bonds is 6. The molecule has 5 rings (SSSR count). The Morgan fingerprint density at radius 3 is 2.47 bits per heavy atom. The lowest BCUT2D eigenvalue weighted by Crippen LogP contribution is -2.33. The van der Waals surface area contributed by atoms with Crippen LogP contribution in [0.2, 0.25) is 5.02 Å². The zero-order valence-corrected chi connectivity index (χ0v) is 17.8. The van der Waals surface area contributed by atoms with Gasteiger partial charge < -0.3 is 19.7 Å². The first-order valence-electron chi connectivity index (χ1n) is 11.1. The Balaban J connectivity index is 1.25. The van der Waals surface area contributed by atoms with Gasteiger partial charge in [0.2, 0.25) is 0 Å². The third-order valence-corrected chi connectivity index (χ3v) is 7.21. The van der Waals surface area contributed by atoms with Crippen molar-refractivity contribution in [3.05, 3.63) is 64.2 Å². The maximum Gasteiger partial charge on any atom is 0.119 e. The Labute approximate surface area is 182 Å². The molecule has 2 aromatic carbocycles. The molecule has 0 bridgehead atoms. The van der Waals surface area contributed by atoms with E-state index in [2.05, 4.69) is 30.3 Å². The van der Waals surface area contributed by atoms with Crippen LogP contribution in [0.15, 0.2) is 42.5 Å². The molecule has 0 amide bonds. The minimum Gasteiger partial charge on any atom is -0.490 e. The van der Waals surface area contributed by atoms with E-state index in [4.69, 9.17) is 21.1 Å². The molecule has 2 saturated carbocycles. The van der Waals surface area contributed by atoms with Gasteiger partial charge in [0.15, 0.2) is 0 Å². The largest absolute Gasteiger partial charge is 0.490 e. The predicted molar refractivity (Wildman–Crippen MR) is 116 cm³/mol. The molecule has 2 N–H and O–H groups in total. The van der Waals surface area contributed by atoms with E-state index in [1.165, 1.54) is 24.8 Å². The second-order valence-electron chi connectivity index (χ2n) is 9.19. The lowest BCUT2D eigenvalue weighted by atomic mass is 9.94. The predicted octanol–water partition coefficient (Wildman–Crippen LogP) is 4.68. The summed E-state index contributed by atoms with van der Waals surface area (Å²) < 4.78 is 12.1. The van der Waals surface area contributed by atoms with Gasteiger partial charge in [0.25, 0.3) is 0 Å². The minimum atomic E-state index is -0.460. The van der Waals surface area contributed by atoms with E-state index in [1.807, 2.05) is 12.1 Å². The highest BCUT2D eigenvalue weighted by Crippen LogP contribution is 2.52. The molecule has 3 aliphatic rings. The highest BCUT2D eigenvalue weighted by Gasteiger charge is 2.46. The zero-order chi connectivity index (χ0) is 20.7. The van der Waals surface area contributed by atoms with E-state index in [0.717, 1.165) is 40.2 Å². The number of aliphatic hydroxyl groups is 2. The third-order valence-electron chi connectivity index (χ3n) is 6.84. The number of halogens is 1. The van der Waals surface area contributed by atoms with Gasteiger partial charge in [-0.2, -0.15) is 0 Å². The van der Waals surface area contributed by atoms with Crippen LogP contribution >= 0.6 is 11.6 Å². The number of benzene rings is 2. The second-order valence-corrected chi connectivity index (χ2v) is 9.60. The maximum atomic E-state index is 10.1. The molecule has 0 spiro atoms. The minimum absolute atomic E-state index is 0.0788. The van der Waals surface area contributed by atoms with Gasteiger partial charge >= 0.3 is 0 Å². The van der Waals surface area contributed by atoms with E-state index in [-0.39, 0.29) is 18.8 Å². The number of ether oxygens (including phenoxy) is 2. The lowest BCUT2D eigenvalue weighted by molar-refractivity contribution is -0.113. The van der Waals surface area contributed by atoms with Crippen LogP contribution < -0.4 is 4.74 Å². The molecule has 0 radical (unpaired) electrons. The van der Waals surface area contributed by atoms with Crippen LogP contribution in [0, 0.1) is 11.8 Å². The molecule has 2 aliphatic carbocycles. The molecule has 2 aromatic rings. The number of fused-ring (bicyclic) bond motifs is 1. The van der Waals surface area contributed by atoms with Crippen molar-refractivity contribution in [2.24, 2.45) is 11.8 Å². The Hall–Kier alpha value is -1.59. The van der Waals surface area contributed by atoms with Crippen LogP contribution in [0.25, 0.3) is 0 Å². The summed E-state index contributed by atoms with van der Waals surface area (Å²) >= 11 is 6.48. The summed E-state index contributed by atoms with van der Waals surface area (Å²) in [7, 11) is 0. The van der Waals surface area contributed by atoms with Gasteiger partial charge in [0, 0.05) is 17.9 Å². The Morgan fingerprint density at radius 1 is 0.967 bits per heavy atom. The fourth-order valence-electron chi connectivity index (χ4n) is 5.11. The molecule has 1 saturated heterocycles. The summed E-state index contributed by atoms with van der Waals surface area (Å²) in [6.45, 7) is -0.0788. The van der Waals surface area contributed by atoms with Crippen molar-refractivity contribution in [1.29, 1.82) is 0 Å². The molecule has 4 nitrogen and oxygen atoms in total. The van der Waals surface area contributed by atoms with E-state index in [0.29, 0.717) is 18.9 Å². The molecule has 30 heavy (non-hydrogen) atoms. The van der Waals surface area contributed by atoms with E-state index in [1.54, 1.807) is 0 Å². The molecule has 0 aromatic heterocycles. The average Bonchev–Trinajstić information content (AvgIpc) is 3.36. The van der Waals surface area contributed by atoms with Gasteiger partial charge in [0.05, 0.1) is 31.0 Å². The van der Waals surface area contributed by atoms with Gasteiger partial charge in [-0.15, -0.1) is 0 Å². The normalized spacial score (nSPS) is 32.6. The maximum absolute atomic E-state index is 10.1. The van der Waals surface area contributed by atoms with Crippen molar-refractivity contribution in [2.75, 3.05) is 6.61 Å². The molecule has 5 atom stereocenters. The van der Waals surface area contributed by atoms with Crippen molar-refractivity contribution in [3.8, 4) is 5.75 Å². The number of aliphatic hydroxyl groups excluding tert-OH is 2. The molecule has 160 valence electrons. The summed E-state index contributed by atoms with van der Waals surface area (Å²) in [4.78, 5) is 0. The van der Waals surface area contributed by atoms with Crippen LogP contribution in [0.1, 0.15) is 54.9 Å². The van der Waals surface area contributed by atoms with Crippen molar-refractivity contribution in [3.63, 3.8) is 0 Å². The van der Waals surface area contributed by atoms with Gasteiger partial charge in [-0.05, 0) is 72.4 Å². The molecule has 3 fully saturated rings.